The third-order valence-electron chi connectivity index (χ3n) is 3.41. The van der Waals surface area contributed by atoms with Gasteiger partial charge in [-0.2, -0.15) is 12.7 Å². The van der Waals surface area contributed by atoms with Crippen LogP contribution >= 0.6 is 0 Å². The molecule has 21 heavy (non-hydrogen) atoms. The van der Waals surface area contributed by atoms with Crippen LogP contribution in [-0.4, -0.2) is 53.0 Å². The number of carboxylic acids is 1. The first-order valence-electron chi connectivity index (χ1n) is 6.99. The lowest BCUT2D eigenvalue weighted by molar-refractivity contribution is 0.0691. The molecule has 0 aromatic carbocycles. The highest BCUT2D eigenvalue weighted by molar-refractivity contribution is 7.87. The predicted octanol–water partition coefficient (Wildman–Crippen LogP) is 0.292. The van der Waals surface area contributed by atoms with Crippen molar-refractivity contribution in [3.8, 4) is 0 Å². The van der Waals surface area contributed by atoms with Crippen molar-refractivity contribution in [3.05, 3.63) is 18.2 Å². The topological polar surface area (TPSA) is 105 Å². The molecule has 1 aromatic rings. The maximum atomic E-state index is 12.1. The molecule has 9 heteroatoms. The molecule has 0 spiro atoms. The number of nitrogens with zero attached hydrogens (tertiary/aromatic N) is 3. The lowest BCUT2D eigenvalue weighted by atomic mass is 10.2. The van der Waals surface area contributed by atoms with E-state index in [1.54, 1.807) is 4.57 Å². The van der Waals surface area contributed by atoms with Crippen molar-refractivity contribution >= 4 is 16.2 Å². The summed E-state index contributed by atoms with van der Waals surface area (Å²) in [6.07, 6.45) is 6.68. The molecule has 0 aliphatic carbocycles. The predicted molar refractivity (Wildman–Crippen MR) is 76.1 cm³/mol. The van der Waals surface area contributed by atoms with Crippen molar-refractivity contribution in [3.63, 3.8) is 0 Å². The summed E-state index contributed by atoms with van der Waals surface area (Å²) in [5.74, 6) is -1.10. The number of hydrogen-bond acceptors (Lipinski definition) is 4. The highest BCUT2D eigenvalue weighted by Gasteiger charge is 2.22. The van der Waals surface area contributed by atoms with Crippen molar-refractivity contribution in [2.24, 2.45) is 0 Å². The molecule has 118 valence electrons. The van der Waals surface area contributed by atoms with Crippen molar-refractivity contribution in [1.82, 2.24) is 18.6 Å². The molecule has 2 N–H and O–H groups in total. The fourth-order valence-electron chi connectivity index (χ4n) is 2.27. The van der Waals surface area contributed by atoms with Gasteiger partial charge in [0.05, 0.1) is 6.33 Å². The molecule has 1 fully saturated rings. The Morgan fingerprint density at radius 2 is 1.95 bits per heavy atom. The molecular formula is C12H20N4O4S. The highest BCUT2D eigenvalue weighted by atomic mass is 32.2. The molecule has 8 nitrogen and oxygen atoms in total. The molecule has 1 aliphatic heterocycles. The van der Waals surface area contributed by atoms with E-state index in [4.69, 9.17) is 5.11 Å². The second-order valence-electron chi connectivity index (χ2n) is 5.01. The Bertz CT molecular complexity index is 576. The molecule has 2 rings (SSSR count). The zero-order chi connectivity index (χ0) is 15.3. The summed E-state index contributed by atoms with van der Waals surface area (Å²) in [5.41, 5.74) is -0.0506. The van der Waals surface area contributed by atoms with E-state index in [0.29, 0.717) is 19.6 Å². The van der Waals surface area contributed by atoms with Gasteiger partial charge in [-0.05, 0) is 12.8 Å². The monoisotopic (exact) mass is 316 g/mol. The van der Waals surface area contributed by atoms with Crippen LogP contribution in [0.15, 0.2) is 12.5 Å². The van der Waals surface area contributed by atoms with Crippen LogP contribution in [0, 0.1) is 0 Å². The van der Waals surface area contributed by atoms with Gasteiger partial charge in [0.25, 0.3) is 10.2 Å². The lowest BCUT2D eigenvalue weighted by Crippen LogP contribution is -2.42. The molecular weight excluding hydrogens is 296 g/mol. The van der Waals surface area contributed by atoms with E-state index in [1.165, 1.54) is 16.8 Å². The van der Waals surface area contributed by atoms with Crippen molar-refractivity contribution in [2.45, 2.75) is 32.2 Å². The minimum absolute atomic E-state index is 0.0506. The molecule has 0 atom stereocenters. The Kier molecular flexibility index (Phi) is 5.32. The summed E-state index contributed by atoms with van der Waals surface area (Å²) < 4.78 is 29.9. The van der Waals surface area contributed by atoms with E-state index in [2.05, 4.69) is 9.71 Å². The number of aromatic nitrogens is 2. The lowest BCUT2D eigenvalue weighted by Gasteiger charge is -2.20. The van der Waals surface area contributed by atoms with Crippen LogP contribution < -0.4 is 4.72 Å². The molecule has 1 aliphatic rings. The summed E-state index contributed by atoms with van der Waals surface area (Å²) >= 11 is 0. The number of aromatic carboxylic acids is 1. The molecule has 1 saturated heterocycles. The van der Waals surface area contributed by atoms with Gasteiger partial charge in [-0.1, -0.05) is 12.8 Å². The first-order valence-corrected chi connectivity index (χ1v) is 8.43. The van der Waals surface area contributed by atoms with Gasteiger partial charge in [-0.15, -0.1) is 0 Å². The molecule has 0 bridgehead atoms. The van der Waals surface area contributed by atoms with E-state index >= 15 is 0 Å². The summed E-state index contributed by atoms with van der Waals surface area (Å²) in [6.45, 7) is 1.66. The summed E-state index contributed by atoms with van der Waals surface area (Å²) in [6, 6.07) is 0. The SMILES string of the molecule is O=C(O)c1cn(CCNS(=O)(=O)N2CCCCCC2)cn1. The van der Waals surface area contributed by atoms with Gasteiger partial charge in [-0.25, -0.2) is 14.5 Å². The maximum Gasteiger partial charge on any atom is 0.356 e. The Morgan fingerprint density at radius 3 is 2.52 bits per heavy atom. The number of rotatable bonds is 6. The molecule has 2 heterocycles. The molecule has 0 radical (unpaired) electrons. The van der Waals surface area contributed by atoms with Gasteiger partial charge in [-0.3, -0.25) is 0 Å². The Hall–Kier alpha value is -1.45. The summed E-state index contributed by atoms with van der Waals surface area (Å²) in [7, 11) is -3.45. The van der Waals surface area contributed by atoms with Crippen molar-refractivity contribution in [2.75, 3.05) is 19.6 Å². The third-order valence-corrected chi connectivity index (χ3v) is 5.03. The van der Waals surface area contributed by atoms with Gasteiger partial charge < -0.3 is 9.67 Å². The van der Waals surface area contributed by atoms with Gasteiger partial charge in [0.1, 0.15) is 0 Å². The fraction of sp³-hybridized carbons (Fsp3) is 0.667. The minimum Gasteiger partial charge on any atom is -0.476 e. The van der Waals surface area contributed by atoms with E-state index in [0.717, 1.165) is 25.7 Å². The minimum atomic E-state index is -3.45. The molecule has 0 unspecified atom stereocenters. The van der Waals surface area contributed by atoms with Gasteiger partial charge in [0.15, 0.2) is 5.69 Å². The molecule has 0 amide bonds. The zero-order valence-corrected chi connectivity index (χ0v) is 12.5. The van der Waals surface area contributed by atoms with E-state index in [1.807, 2.05) is 0 Å². The van der Waals surface area contributed by atoms with Crippen LogP contribution in [0.1, 0.15) is 36.2 Å². The van der Waals surface area contributed by atoms with Crippen LogP contribution in [0.25, 0.3) is 0 Å². The second-order valence-corrected chi connectivity index (χ2v) is 6.77. The average molecular weight is 316 g/mol. The van der Waals surface area contributed by atoms with E-state index < -0.39 is 16.2 Å². The van der Waals surface area contributed by atoms with Crippen LogP contribution in [-0.2, 0) is 16.8 Å². The Morgan fingerprint density at radius 1 is 1.29 bits per heavy atom. The highest BCUT2D eigenvalue weighted by Crippen LogP contribution is 2.12. The zero-order valence-electron chi connectivity index (χ0n) is 11.7. The van der Waals surface area contributed by atoms with Crippen LogP contribution in [0.5, 0.6) is 0 Å². The molecule has 1 aromatic heterocycles. The molecule has 0 saturated carbocycles. The number of nitrogens with one attached hydrogen (secondary N) is 1. The van der Waals surface area contributed by atoms with Crippen LogP contribution in [0.4, 0.5) is 0 Å². The van der Waals surface area contributed by atoms with Crippen molar-refractivity contribution < 1.29 is 18.3 Å². The number of carbonyl (C=O) groups is 1. The second kappa shape index (κ2) is 7.01. The van der Waals surface area contributed by atoms with Crippen LogP contribution in [0.2, 0.25) is 0 Å². The first-order chi connectivity index (χ1) is 9.99. The number of carboxylic acid groups (broad SMARTS) is 1. The smallest absolute Gasteiger partial charge is 0.356 e. The number of hydrogen-bond donors (Lipinski definition) is 2. The third kappa shape index (κ3) is 4.51. The number of imidazole rings is 1. The van der Waals surface area contributed by atoms with Gasteiger partial charge in [0.2, 0.25) is 0 Å². The summed E-state index contributed by atoms with van der Waals surface area (Å²) in [4.78, 5) is 14.4. The van der Waals surface area contributed by atoms with Gasteiger partial charge in [0, 0.05) is 32.4 Å². The normalized spacial score (nSPS) is 17.5. The average Bonchev–Trinajstić information content (AvgIpc) is 2.72. The maximum absolute atomic E-state index is 12.1. The van der Waals surface area contributed by atoms with E-state index in [-0.39, 0.29) is 12.2 Å². The van der Waals surface area contributed by atoms with Gasteiger partial charge >= 0.3 is 5.97 Å². The largest absolute Gasteiger partial charge is 0.476 e. The standard InChI is InChI=1S/C12H20N4O4S/c17-12(18)11-9-15(10-13-11)8-5-14-21(19,20)16-6-3-1-2-4-7-16/h9-10,14H,1-8H2,(H,17,18). The van der Waals surface area contributed by atoms with Crippen LogP contribution in [0.3, 0.4) is 0 Å². The quantitative estimate of drug-likeness (QED) is 0.785. The Balaban J connectivity index is 1.84. The van der Waals surface area contributed by atoms with E-state index in [9.17, 15) is 13.2 Å². The summed E-state index contributed by atoms with van der Waals surface area (Å²) in [5, 5.41) is 8.76. The first kappa shape index (κ1) is 15.9. The van der Waals surface area contributed by atoms with Crippen molar-refractivity contribution in [1.29, 1.82) is 0 Å². The fourth-order valence-corrected chi connectivity index (χ4v) is 3.54. The Labute approximate surface area is 124 Å².